The van der Waals surface area contributed by atoms with Gasteiger partial charge >= 0.3 is 6.18 Å². The molecular weight excluding hydrogens is 403 g/mol. The van der Waals surface area contributed by atoms with Crippen LogP contribution in [-0.4, -0.2) is 15.5 Å². The fraction of sp³-hybridized carbons (Fsp3) is 0.250. The van der Waals surface area contributed by atoms with Crippen molar-refractivity contribution >= 4 is 22.4 Å². The van der Waals surface area contributed by atoms with Crippen molar-refractivity contribution in [2.24, 2.45) is 0 Å². The van der Waals surface area contributed by atoms with E-state index in [4.69, 9.17) is 0 Å². The molecule has 0 aliphatic rings. The summed E-state index contributed by atoms with van der Waals surface area (Å²) >= 11 is 1.20. The van der Waals surface area contributed by atoms with Crippen LogP contribution in [0.25, 0.3) is 11.3 Å². The lowest BCUT2D eigenvalue weighted by atomic mass is 9.99. The van der Waals surface area contributed by atoms with Gasteiger partial charge < -0.3 is 9.88 Å². The zero-order chi connectivity index (χ0) is 21.3. The number of halogens is 3. The first-order valence-corrected chi connectivity index (χ1v) is 9.54. The highest BCUT2D eigenvalue weighted by Crippen LogP contribution is 2.30. The van der Waals surface area contributed by atoms with Crippen LogP contribution in [-0.2, 0) is 17.5 Å². The number of pyridine rings is 1. The number of nitrogens with one attached hydrogen (secondary N) is 1. The van der Waals surface area contributed by atoms with Crippen molar-refractivity contribution in [2.75, 3.05) is 5.32 Å². The summed E-state index contributed by atoms with van der Waals surface area (Å²) in [6.07, 6.45) is -3.96. The van der Waals surface area contributed by atoms with E-state index in [-0.39, 0.29) is 0 Å². The van der Waals surface area contributed by atoms with E-state index in [1.807, 2.05) is 26.8 Å². The van der Waals surface area contributed by atoms with E-state index >= 15 is 0 Å². The molecule has 1 N–H and O–H groups in total. The maximum atomic E-state index is 12.8. The van der Waals surface area contributed by atoms with Crippen LogP contribution >= 0.6 is 11.3 Å². The molecule has 0 saturated heterocycles. The maximum Gasteiger partial charge on any atom is 0.417 e. The second-order valence-electron chi connectivity index (χ2n) is 6.72. The number of carbonyl (C=O) groups excluding carboxylic acids is 1. The van der Waals surface area contributed by atoms with Gasteiger partial charge in [0.25, 0.3) is 5.56 Å². The Hall–Kier alpha value is -2.94. The molecule has 0 bridgehead atoms. The van der Waals surface area contributed by atoms with Gasteiger partial charge in [0, 0.05) is 23.2 Å². The molecule has 0 spiro atoms. The molecule has 0 unspecified atom stereocenters. The molecule has 152 valence electrons. The third-order valence-corrected chi connectivity index (χ3v) is 5.25. The minimum atomic E-state index is -4.60. The number of hydrogen-bond acceptors (Lipinski definition) is 4. The largest absolute Gasteiger partial charge is 0.417 e. The van der Waals surface area contributed by atoms with Crippen LogP contribution in [0, 0.1) is 20.8 Å². The van der Waals surface area contributed by atoms with E-state index in [1.54, 1.807) is 5.38 Å². The van der Waals surface area contributed by atoms with Gasteiger partial charge in [-0.15, -0.1) is 11.3 Å². The lowest BCUT2D eigenvalue weighted by molar-refractivity contribution is -0.138. The van der Waals surface area contributed by atoms with Crippen LogP contribution < -0.4 is 10.9 Å². The van der Waals surface area contributed by atoms with Gasteiger partial charge in [0.2, 0.25) is 5.91 Å². The fourth-order valence-corrected chi connectivity index (χ4v) is 3.55. The third-order valence-electron chi connectivity index (χ3n) is 4.49. The monoisotopic (exact) mass is 421 g/mol. The van der Waals surface area contributed by atoms with Crippen LogP contribution in [0.4, 0.5) is 18.3 Å². The number of rotatable bonds is 4. The van der Waals surface area contributed by atoms with E-state index in [0.717, 1.165) is 27.3 Å². The first-order chi connectivity index (χ1) is 13.5. The van der Waals surface area contributed by atoms with Crippen LogP contribution in [0.3, 0.4) is 0 Å². The van der Waals surface area contributed by atoms with Crippen LogP contribution in [0.2, 0.25) is 0 Å². The number of nitrogens with zero attached hydrogens (tertiary/aromatic N) is 2. The highest BCUT2D eigenvalue weighted by atomic mass is 32.1. The Labute approximate surface area is 168 Å². The Kier molecular flexibility index (Phi) is 5.61. The number of thiazole rings is 1. The first-order valence-electron chi connectivity index (χ1n) is 8.66. The number of amides is 1. The Morgan fingerprint density at radius 2 is 1.83 bits per heavy atom. The molecule has 29 heavy (non-hydrogen) atoms. The Balaban J connectivity index is 1.77. The number of carbonyl (C=O) groups is 1. The summed E-state index contributed by atoms with van der Waals surface area (Å²) in [5.74, 6) is -0.635. The first kappa shape index (κ1) is 20.8. The SMILES string of the molecule is Cc1cc(C)c(-c2csc(NC(=O)Cn3cc(C(F)(F)F)ccc3=O)n2)cc1C. The molecule has 1 aromatic carbocycles. The average Bonchev–Trinajstić information content (AvgIpc) is 3.07. The van der Waals surface area contributed by atoms with E-state index < -0.39 is 29.8 Å². The summed E-state index contributed by atoms with van der Waals surface area (Å²) in [4.78, 5) is 28.4. The smallest absolute Gasteiger partial charge is 0.305 e. The van der Waals surface area contributed by atoms with Crippen LogP contribution in [0.5, 0.6) is 0 Å². The maximum absolute atomic E-state index is 12.8. The van der Waals surface area contributed by atoms with Gasteiger partial charge in [-0.1, -0.05) is 6.07 Å². The Bertz CT molecular complexity index is 1130. The van der Waals surface area contributed by atoms with Crippen molar-refractivity contribution in [1.82, 2.24) is 9.55 Å². The lowest BCUT2D eigenvalue weighted by Crippen LogP contribution is -2.28. The second kappa shape index (κ2) is 7.82. The predicted octanol–water partition coefficient (Wildman–Crippen LogP) is 4.55. The van der Waals surface area contributed by atoms with Gasteiger partial charge in [0.15, 0.2) is 5.13 Å². The fourth-order valence-electron chi connectivity index (χ4n) is 2.83. The molecule has 2 aromatic heterocycles. The third kappa shape index (κ3) is 4.73. The average molecular weight is 421 g/mol. The number of benzene rings is 1. The quantitative estimate of drug-likeness (QED) is 0.672. The summed E-state index contributed by atoms with van der Waals surface area (Å²) in [5.41, 5.74) is 3.29. The van der Waals surface area contributed by atoms with Crippen LogP contribution in [0.15, 0.2) is 40.6 Å². The van der Waals surface area contributed by atoms with Gasteiger partial charge in [-0.3, -0.25) is 9.59 Å². The molecule has 3 rings (SSSR count). The minimum absolute atomic E-state index is 0.308. The van der Waals surface area contributed by atoms with E-state index in [2.05, 4.69) is 16.4 Å². The van der Waals surface area contributed by atoms with Crippen molar-refractivity contribution in [3.8, 4) is 11.3 Å². The zero-order valence-electron chi connectivity index (χ0n) is 15.9. The van der Waals surface area contributed by atoms with Crippen molar-refractivity contribution < 1.29 is 18.0 Å². The summed E-state index contributed by atoms with van der Waals surface area (Å²) in [6, 6.07) is 5.56. The highest BCUT2D eigenvalue weighted by molar-refractivity contribution is 7.14. The van der Waals surface area contributed by atoms with Crippen LogP contribution in [0.1, 0.15) is 22.3 Å². The number of aromatic nitrogens is 2. The van der Waals surface area contributed by atoms with Gasteiger partial charge in [-0.05, 0) is 49.6 Å². The molecular formula is C20H18F3N3O2S. The molecule has 3 aromatic rings. The predicted molar refractivity (Wildman–Crippen MR) is 106 cm³/mol. The number of alkyl halides is 3. The molecule has 9 heteroatoms. The van der Waals surface area contributed by atoms with Gasteiger partial charge in [0.05, 0.1) is 11.3 Å². The molecule has 0 fully saturated rings. The zero-order valence-corrected chi connectivity index (χ0v) is 16.7. The van der Waals surface area contributed by atoms with E-state index in [0.29, 0.717) is 23.1 Å². The van der Waals surface area contributed by atoms with E-state index in [1.165, 1.54) is 16.9 Å². The number of hydrogen-bond donors (Lipinski definition) is 1. The second-order valence-corrected chi connectivity index (χ2v) is 7.58. The van der Waals surface area contributed by atoms with Crippen molar-refractivity contribution in [2.45, 2.75) is 33.5 Å². The molecule has 0 atom stereocenters. The minimum Gasteiger partial charge on any atom is -0.305 e. The van der Waals surface area contributed by atoms with Crippen molar-refractivity contribution in [3.05, 3.63) is 68.4 Å². The topological polar surface area (TPSA) is 64.0 Å². The Morgan fingerprint density at radius 3 is 2.52 bits per heavy atom. The molecule has 0 radical (unpaired) electrons. The molecule has 1 amide bonds. The normalized spacial score (nSPS) is 11.5. The summed E-state index contributed by atoms with van der Waals surface area (Å²) < 4.78 is 39.2. The Morgan fingerprint density at radius 1 is 1.14 bits per heavy atom. The number of anilines is 1. The van der Waals surface area contributed by atoms with Crippen molar-refractivity contribution in [1.29, 1.82) is 0 Å². The van der Waals surface area contributed by atoms with Crippen molar-refractivity contribution in [3.63, 3.8) is 0 Å². The summed E-state index contributed by atoms with van der Waals surface area (Å²) in [6.45, 7) is 5.45. The molecule has 0 aliphatic carbocycles. The lowest BCUT2D eigenvalue weighted by Gasteiger charge is -2.10. The standard InChI is InChI=1S/C20H18F3N3O2S/c1-11-6-13(3)15(7-12(11)2)16-10-29-19(24-16)25-17(27)9-26-8-14(20(21,22)23)4-5-18(26)28/h4-8,10H,9H2,1-3H3,(H,24,25,27). The summed E-state index contributed by atoms with van der Waals surface area (Å²) in [5, 5.41) is 4.64. The van der Waals surface area contributed by atoms with E-state index in [9.17, 15) is 22.8 Å². The molecule has 2 heterocycles. The van der Waals surface area contributed by atoms with Gasteiger partial charge in [-0.25, -0.2) is 4.98 Å². The molecule has 0 aliphatic heterocycles. The van der Waals surface area contributed by atoms with Gasteiger partial charge in [0.1, 0.15) is 6.54 Å². The highest BCUT2D eigenvalue weighted by Gasteiger charge is 2.31. The number of aryl methyl sites for hydroxylation is 3. The molecule has 5 nitrogen and oxygen atoms in total. The molecule has 0 saturated carbocycles. The van der Waals surface area contributed by atoms with Gasteiger partial charge in [-0.2, -0.15) is 13.2 Å². The summed E-state index contributed by atoms with van der Waals surface area (Å²) in [7, 11) is 0.